The molecule has 1 fully saturated rings. The molecule has 0 aliphatic carbocycles. The zero-order chi connectivity index (χ0) is 24.8. The second-order valence-electron chi connectivity index (χ2n) is 9.02. The molecule has 0 radical (unpaired) electrons. The van der Waals surface area contributed by atoms with Crippen LogP contribution < -0.4 is 0 Å². The zero-order valence-electron chi connectivity index (χ0n) is 20.7. The molecule has 5 nitrogen and oxygen atoms in total. The highest BCUT2D eigenvalue weighted by Gasteiger charge is 2.40. The molecule has 5 heteroatoms. The van der Waals surface area contributed by atoms with Crippen LogP contribution >= 0.6 is 0 Å². The molecule has 1 aliphatic heterocycles. The zero-order valence-corrected chi connectivity index (χ0v) is 20.7. The molecule has 4 atom stereocenters. The molecular formula is C31H36O5. The van der Waals surface area contributed by atoms with E-state index in [-0.39, 0.29) is 31.0 Å². The summed E-state index contributed by atoms with van der Waals surface area (Å²) in [5, 5.41) is 9.16. The molecule has 1 aliphatic rings. The number of aliphatic hydroxyl groups excluding tert-OH is 1. The van der Waals surface area contributed by atoms with Crippen molar-refractivity contribution in [1.29, 1.82) is 0 Å². The fourth-order valence-corrected chi connectivity index (χ4v) is 4.41. The molecule has 0 spiro atoms. The Morgan fingerprint density at radius 3 is 1.86 bits per heavy atom. The SMILES string of the molecule is OC/C=C/C[C@@H]1C[C@@H](OCc2ccccc2)[C@@H](OCc2ccccc2)[C@@H](COCc2ccccc2)O1. The largest absolute Gasteiger partial charge is 0.392 e. The smallest absolute Gasteiger partial charge is 0.113 e. The summed E-state index contributed by atoms with van der Waals surface area (Å²) in [7, 11) is 0. The van der Waals surface area contributed by atoms with Gasteiger partial charge in [-0.3, -0.25) is 0 Å². The highest BCUT2D eigenvalue weighted by molar-refractivity contribution is 5.15. The van der Waals surface area contributed by atoms with E-state index in [0.29, 0.717) is 39.3 Å². The summed E-state index contributed by atoms with van der Waals surface area (Å²) in [5.41, 5.74) is 3.35. The summed E-state index contributed by atoms with van der Waals surface area (Å²) >= 11 is 0. The first kappa shape index (κ1) is 26.3. The van der Waals surface area contributed by atoms with E-state index in [0.717, 1.165) is 16.7 Å². The Morgan fingerprint density at radius 1 is 0.722 bits per heavy atom. The summed E-state index contributed by atoms with van der Waals surface area (Å²) in [5.74, 6) is 0. The number of hydrogen-bond acceptors (Lipinski definition) is 5. The van der Waals surface area contributed by atoms with Crippen molar-refractivity contribution in [2.75, 3.05) is 13.2 Å². The van der Waals surface area contributed by atoms with Crippen LogP contribution in [0.2, 0.25) is 0 Å². The standard InChI is InChI=1S/C31H36O5/c32-19-11-10-18-28-20-29(34-22-26-14-6-2-7-15-26)31(35-23-27-16-8-3-9-17-27)30(36-28)24-33-21-25-12-4-1-5-13-25/h1-17,28-32H,18-24H2/b11-10+/t28-,29-,30-,31-/m1/s1. The van der Waals surface area contributed by atoms with E-state index in [9.17, 15) is 0 Å². The maximum atomic E-state index is 9.16. The molecule has 3 aromatic rings. The molecule has 3 aromatic carbocycles. The Balaban J connectivity index is 1.47. The first-order valence-electron chi connectivity index (χ1n) is 12.7. The quantitative estimate of drug-likeness (QED) is 0.323. The van der Waals surface area contributed by atoms with Gasteiger partial charge in [0.1, 0.15) is 12.2 Å². The molecule has 36 heavy (non-hydrogen) atoms. The van der Waals surface area contributed by atoms with E-state index in [2.05, 4.69) is 36.4 Å². The van der Waals surface area contributed by atoms with E-state index in [4.69, 9.17) is 24.1 Å². The third-order valence-corrected chi connectivity index (χ3v) is 6.25. The van der Waals surface area contributed by atoms with Crippen molar-refractivity contribution < 1.29 is 24.1 Å². The van der Waals surface area contributed by atoms with Gasteiger partial charge in [0.25, 0.3) is 0 Å². The summed E-state index contributed by atoms with van der Waals surface area (Å²) in [4.78, 5) is 0. The lowest BCUT2D eigenvalue weighted by atomic mass is 9.95. The van der Waals surface area contributed by atoms with E-state index >= 15 is 0 Å². The topological polar surface area (TPSA) is 57.2 Å². The van der Waals surface area contributed by atoms with E-state index in [1.165, 1.54) is 0 Å². The number of rotatable bonds is 13. The molecule has 4 rings (SSSR count). The first-order chi connectivity index (χ1) is 17.8. The van der Waals surface area contributed by atoms with Gasteiger partial charge in [-0.15, -0.1) is 0 Å². The predicted molar refractivity (Wildman–Crippen MR) is 140 cm³/mol. The normalized spacial score (nSPS) is 22.1. The van der Waals surface area contributed by atoms with Gasteiger partial charge in [-0.25, -0.2) is 0 Å². The average Bonchev–Trinajstić information content (AvgIpc) is 2.93. The Bertz CT molecular complexity index is 1010. The highest BCUT2D eigenvalue weighted by atomic mass is 16.6. The van der Waals surface area contributed by atoms with Gasteiger partial charge in [0.05, 0.1) is 45.2 Å². The number of benzene rings is 3. The van der Waals surface area contributed by atoms with Crippen LogP contribution in [-0.4, -0.2) is 42.7 Å². The van der Waals surface area contributed by atoms with Crippen LogP contribution in [0.15, 0.2) is 103 Å². The van der Waals surface area contributed by atoms with Gasteiger partial charge in [-0.1, -0.05) is 103 Å². The minimum Gasteiger partial charge on any atom is -0.392 e. The highest BCUT2D eigenvalue weighted by Crippen LogP contribution is 2.29. The van der Waals surface area contributed by atoms with Crippen LogP contribution in [0.1, 0.15) is 29.5 Å². The van der Waals surface area contributed by atoms with Crippen molar-refractivity contribution in [2.24, 2.45) is 0 Å². The summed E-state index contributed by atoms with van der Waals surface area (Å²) in [6, 6.07) is 30.5. The lowest BCUT2D eigenvalue weighted by Crippen LogP contribution is -2.52. The van der Waals surface area contributed by atoms with E-state index in [1.54, 1.807) is 6.08 Å². The maximum absolute atomic E-state index is 9.16. The van der Waals surface area contributed by atoms with Crippen LogP contribution in [-0.2, 0) is 38.8 Å². The lowest BCUT2D eigenvalue weighted by molar-refractivity contribution is -0.219. The predicted octanol–water partition coefficient (Wildman–Crippen LogP) is 5.47. The van der Waals surface area contributed by atoms with E-state index < -0.39 is 0 Å². The summed E-state index contributed by atoms with van der Waals surface area (Å²) in [6.45, 7) is 1.92. The third-order valence-electron chi connectivity index (χ3n) is 6.25. The van der Waals surface area contributed by atoms with Crippen LogP contribution in [0.25, 0.3) is 0 Å². The second kappa shape index (κ2) is 14.7. The number of aliphatic hydroxyl groups is 1. The first-order valence-corrected chi connectivity index (χ1v) is 12.7. The van der Waals surface area contributed by atoms with Crippen molar-refractivity contribution in [3.8, 4) is 0 Å². The third kappa shape index (κ3) is 8.40. The number of ether oxygens (including phenoxy) is 4. The molecule has 0 saturated carbocycles. The Kier molecular flexibility index (Phi) is 10.7. The second-order valence-corrected chi connectivity index (χ2v) is 9.02. The summed E-state index contributed by atoms with van der Waals surface area (Å²) < 4.78 is 25.5. The van der Waals surface area contributed by atoms with Crippen molar-refractivity contribution in [3.63, 3.8) is 0 Å². The van der Waals surface area contributed by atoms with Gasteiger partial charge >= 0.3 is 0 Å². The molecule has 1 saturated heterocycles. The van der Waals surface area contributed by atoms with Crippen molar-refractivity contribution >= 4 is 0 Å². The lowest BCUT2D eigenvalue weighted by Gasteiger charge is -2.41. The van der Waals surface area contributed by atoms with Crippen LogP contribution in [0, 0.1) is 0 Å². The molecule has 0 unspecified atom stereocenters. The van der Waals surface area contributed by atoms with Crippen LogP contribution in [0.3, 0.4) is 0 Å². The number of hydrogen-bond donors (Lipinski definition) is 1. The molecule has 0 aromatic heterocycles. The van der Waals surface area contributed by atoms with Gasteiger partial charge in [-0.2, -0.15) is 0 Å². The fraction of sp³-hybridized carbons (Fsp3) is 0.355. The Morgan fingerprint density at radius 2 is 1.28 bits per heavy atom. The maximum Gasteiger partial charge on any atom is 0.113 e. The van der Waals surface area contributed by atoms with Gasteiger partial charge in [-0.05, 0) is 23.1 Å². The van der Waals surface area contributed by atoms with Gasteiger partial charge < -0.3 is 24.1 Å². The minimum atomic E-state index is -0.278. The monoisotopic (exact) mass is 488 g/mol. The van der Waals surface area contributed by atoms with Gasteiger partial charge in [0, 0.05) is 6.42 Å². The van der Waals surface area contributed by atoms with Crippen LogP contribution in [0.5, 0.6) is 0 Å². The van der Waals surface area contributed by atoms with Gasteiger partial charge in [0.15, 0.2) is 0 Å². The van der Waals surface area contributed by atoms with Crippen LogP contribution in [0.4, 0.5) is 0 Å². The van der Waals surface area contributed by atoms with Crippen molar-refractivity contribution in [1.82, 2.24) is 0 Å². The minimum absolute atomic E-state index is 0.0209. The summed E-state index contributed by atoms with van der Waals surface area (Å²) in [6.07, 6.45) is 4.37. The molecule has 1 N–H and O–H groups in total. The molecule has 190 valence electrons. The molecule has 0 amide bonds. The van der Waals surface area contributed by atoms with E-state index in [1.807, 2.05) is 60.7 Å². The Hall–Kier alpha value is -2.80. The fourth-order valence-electron chi connectivity index (χ4n) is 4.41. The molecule has 1 heterocycles. The average molecular weight is 489 g/mol. The Labute approximate surface area is 214 Å². The van der Waals surface area contributed by atoms with Crippen molar-refractivity contribution in [2.45, 2.75) is 57.1 Å². The molecular weight excluding hydrogens is 452 g/mol. The van der Waals surface area contributed by atoms with Gasteiger partial charge in [0.2, 0.25) is 0 Å². The van der Waals surface area contributed by atoms with Crippen molar-refractivity contribution in [3.05, 3.63) is 120 Å². The molecule has 0 bridgehead atoms.